The van der Waals surface area contributed by atoms with Crippen molar-refractivity contribution in [1.82, 2.24) is 34.1 Å². The third kappa shape index (κ3) is 4.91. The normalized spacial score (nSPS) is 39.7. The van der Waals surface area contributed by atoms with E-state index in [-0.39, 0.29) is 23.7 Å². The summed E-state index contributed by atoms with van der Waals surface area (Å²) in [7, 11) is -4.91. The maximum atomic E-state index is 16.0. The van der Waals surface area contributed by atoms with E-state index in [0.717, 1.165) is 11.8 Å². The number of imidazole rings is 2. The first-order valence-corrected chi connectivity index (χ1v) is 18.6. The number of nitrogens with zero attached hydrogens (tertiary/aromatic N) is 6. The van der Waals surface area contributed by atoms with Crippen LogP contribution in [0.4, 0.5) is 16.0 Å². The molecular weight excluding hydrogens is 695 g/mol. The number of aromatic nitrogens is 7. The zero-order chi connectivity index (χ0) is 32.2. The summed E-state index contributed by atoms with van der Waals surface area (Å²) in [5.74, 6) is -0.212. The number of ether oxygens (including phenoxy) is 2. The van der Waals surface area contributed by atoms with Crippen molar-refractivity contribution in [3.8, 4) is 0 Å². The van der Waals surface area contributed by atoms with Gasteiger partial charge in [0.15, 0.2) is 23.0 Å². The van der Waals surface area contributed by atoms with Gasteiger partial charge in [-0.3, -0.25) is 32.5 Å². The molecule has 4 bridgehead atoms. The minimum absolute atomic E-state index is 0.00936. The summed E-state index contributed by atoms with van der Waals surface area (Å²) in [5.41, 5.74) is 10.6. The summed E-state index contributed by atoms with van der Waals surface area (Å²) in [6.07, 6.45) is -2.57. The molecular formula is C22H24FN9O10P2S2. The Labute approximate surface area is 265 Å². The van der Waals surface area contributed by atoms with Gasteiger partial charge in [-0.1, -0.05) is 0 Å². The van der Waals surface area contributed by atoms with Gasteiger partial charge < -0.3 is 35.3 Å². The van der Waals surface area contributed by atoms with Gasteiger partial charge in [-0.15, -0.1) is 11.8 Å². The Balaban J connectivity index is 1.14. The molecule has 19 nitrogen and oxygen atoms in total. The van der Waals surface area contributed by atoms with E-state index < -0.39 is 80.3 Å². The van der Waals surface area contributed by atoms with Crippen molar-refractivity contribution in [2.75, 3.05) is 31.3 Å². The van der Waals surface area contributed by atoms with Crippen molar-refractivity contribution in [2.24, 2.45) is 0 Å². The molecule has 4 aliphatic heterocycles. The third-order valence-corrected chi connectivity index (χ3v) is 12.1. The summed E-state index contributed by atoms with van der Waals surface area (Å²) in [5, 5.41) is -2.19. The Bertz CT molecular complexity index is 2030. The number of aromatic amines is 1. The first-order chi connectivity index (χ1) is 21.8. The Kier molecular flexibility index (Phi) is 7.15. The maximum Gasteiger partial charge on any atom is 0.472 e. The molecule has 4 aromatic rings. The molecule has 2 unspecified atom stereocenters. The fourth-order valence-corrected chi connectivity index (χ4v) is 10.1. The molecule has 4 saturated heterocycles. The van der Waals surface area contributed by atoms with Crippen LogP contribution in [0.3, 0.4) is 0 Å². The molecule has 0 amide bonds. The van der Waals surface area contributed by atoms with Crippen molar-refractivity contribution in [2.45, 2.75) is 46.9 Å². The number of nitrogens with two attached hydrogens (primary N) is 2. The number of H-pyrrole nitrogens is 1. The van der Waals surface area contributed by atoms with E-state index in [1.807, 2.05) is 0 Å². The number of pyridine rings is 1. The zero-order valence-corrected chi connectivity index (χ0v) is 26.5. The first-order valence-electron chi connectivity index (χ1n) is 13.5. The van der Waals surface area contributed by atoms with Crippen LogP contribution in [0, 0.1) is 0 Å². The van der Waals surface area contributed by atoms with Crippen LogP contribution in [0.1, 0.15) is 11.6 Å². The fraction of sp³-hybridized carbons (Fsp3) is 0.500. The number of alkyl halides is 1. The second-order valence-corrected chi connectivity index (χ2v) is 16.5. The highest BCUT2D eigenvalue weighted by Crippen LogP contribution is 2.60. The summed E-state index contributed by atoms with van der Waals surface area (Å²) >= 11 is 6.23. The number of hydrogen-bond acceptors (Lipinski definition) is 16. The largest absolute Gasteiger partial charge is 0.472 e. The van der Waals surface area contributed by atoms with Crippen molar-refractivity contribution in [1.29, 1.82) is 0 Å². The van der Waals surface area contributed by atoms with Gasteiger partial charge in [-0.2, -0.15) is 4.98 Å². The minimum atomic E-state index is -4.91. The van der Waals surface area contributed by atoms with Crippen LogP contribution in [-0.2, 0) is 43.9 Å². The maximum absolute atomic E-state index is 16.0. The van der Waals surface area contributed by atoms with Crippen LogP contribution in [0.25, 0.3) is 22.3 Å². The number of halogens is 1. The van der Waals surface area contributed by atoms with Crippen molar-refractivity contribution in [3.05, 3.63) is 35.3 Å². The highest BCUT2D eigenvalue weighted by molar-refractivity contribution is 8.07. The SMILES string of the molecule is Nc1nc2c(ncn2[C@@H]2S[C@@H]3COP(=O)(O)O[C@H]4[C@H]5OC[C@]4(COP(O)(=S)O[C@@H]2[C@H]3F)O[C@H]5n2cnc3c(N)ccnc32)c(=O)[nH]1. The van der Waals surface area contributed by atoms with E-state index in [2.05, 4.69) is 24.9 Å². The highest BCUT2D eigenvalue weighted by Gasteiger charge is 2.66. The van der Waals surface area contributed by atoms with Gasteiger partial charge in [0.05, 0.1) is 43.4 Å². The van der Waals surface area contributed by atoms with E-state index >= 15 is 4.39 Å². The predicted octanol–water partition coefficient (Wildman–Crippen LogP) is 0.482. The number of phosphoric ester groups is 1. The van der Waals surface area contributed by atoms with E-state index in [0.29, 0.717) is 16.9 Å². The monoisotopic (exact) mass is 719 g/mol. The van der Waals surface area contributed by atoms with E-state index in [1.165, 1.54) is 28.0 Å². The average molecular weight is 720 g/mol. The lowest BCUT2D eigenvalue weighted by Crippen LogP contribution is -2.45. The lowest BCUT2D eigenvalue weighted by molar-refractivity contribution is -0.183. The molecule has 0 radical (unpaired) electrons. The molecule has 10 atom stereocenters. The fourth-order valence-electron chi connectivity index (χ4n) is 6.03. The third-order valence-electron chi connectivity index (χ3n) is 8.10. The Morgan fingerprint density at radius 2 is 1.87 bits per heavy atom. The molecule has 7 N–H and O–H groups in total. The van der Waals surface area contributed by atoms with Gasteiger partial charge in [0, 0.05) is 6.20 Å². The molecule has 0 aromatic carbocycles. The van der Waals surface area contributed by atoms with Gasteiger partial charge in [-0.05, 0) is 17.9 Å². The Morgan fingerprint density at radius 1 is 1.09 bits per heavy atom. The molecule has 4 aliphatic rings. The molecule has 8 heterocycles. The van der Waals surface area contributed by atoms with E-state index in [1.54, 1.807) is 6.07 Å². The second-order valence-electron chi connectivity index (χ2n) is 11.0. The molecule has 0 spiro atoms. The van der Waals surface area contributed by atoms with Crippen LogP contribution in [0.15, 0.2) is 29.7 Å². The summed E-state index contributed by atoms with van der Waals surface area (Å²) in [4.78, 5) is 53.6. The number of nitrogens with one attached hydrogen (secondary N) is 1. The molecule has 4 aromatic heterocycles. The van der Waals surface area contributed by atoms with Gasteiger partial charge in [0.2, 0.25) is 5.95 Å². The molecule has 246 valence electrons. The molecule has 24 heteroatoms. The first kappa shape index (κ1) is 30.7. The molecule has 0 saturated carbocycles. The lowest BCUT2D eigenvalue weighted by atomic mass is 10.0. The van der Waals surface area contributed by atoms with E-state index in [9.17, 15) is 19.1 Å². The van der Waals surface area contributed by atoms with Crippen molar-refractivity contribution < 1.29 is 46.3 Å². The minimum Gasteiger partial charge on any atom is -0.397 e. The molecule has 8 rings (SSSR count). The number of rotatable bonds is 2. The molecule has 0 aliphatic carbocycles. The average Bonchev–Trinajstić information content (AvgIpc) is 3.80. The Hall–Kier alpha value is -2.59. The molecule has 4 fully saturated rings. The number of hydrogen-bond donors (Lipinski definition) is 5. The second kappa shape index (κ2) is 10.7. The molecule has 46 heavy (non-hydrogen) atoms. The highest BCUT2D eigenvalue weighted by atomic mass is 32.5. The van der Waals surface area contributed by atoms with E-state index in [4.69, 9.17) is 50.8 Å². The van der Waals surface area contributed by atoms with Crippen LogP contribution < -0.4 is 17.0 Å². The number of anilines is 2. The lowest BCUT2D eigenvalue weighted by Gasteiger charge is -2.33. The zero-order valence-electron chi connectivity index (χ0n) is 23.1. The smallest absolute Gasteiger partial charge is 0.397 e. The van der Waals surface area contributed by atoms with Crippen molar-refractivity contribution in [3.63, 3.8) is 0 Å². The van der Waals surface area contributed by atoms with Crippen molar-refractivity contribution >= 4 is 72.1 Å². The number of thioether (sulfide) groups is 1. The Morgan fingerprint density at radius 3 is 2.70 bits per heavy atom. The van der Waals surface area contributed by atoms with Gasteiger partial charge in [0.25, 0.3) is 5.56 Å². The van der Waals surface area contributed by atoms with Gasteiger partial charge in [-0.25, -0.2) is 23.9 Å². The number of phosphoric acid groups is 1. The van der Waals surface area contributed by atoms with Crippen LogP contribution >= 0.6 is 26.3 Å². The topological polar surface area (TPSA) is 259 Å². The summed E-state index contributed by atoms with van der Waals surface area (Å²) in [6, 6.07) is 1.58. The predicted molar refractivity (Wildman–Crippen MR) is 160 cm³/mol. The standard InChI is InChI=1S/C22H24FN9O10P2S2/c23-10-9-3-38-43(34,35)42-15-14-19(31-6-27-11-8(24)1-2-26-16(11)31)40-22(15,4-37-14)5-39-44(36,45)41-13(10)20(46-9)32-7-28-12-17(32)29-21(25)30-18(12)33/h1-2,6-7,9-10,13-15,19-20H,3-5H2,(H2,24,26)(H,34,35)(H,36,45)(H3,25,29,30,33)/t9-,10+,13-,14-,15+,19-,20-,22-,44?/m1/s1. The van der Waals surface area contributed by atoms with Crippen LogP contribution in [-0.4, -0.2) is 99.0 Å². The van der Waals surface area contributed by atoms with Gasteiger partial charge in [0.1, 0.15) is 41.0 Å². The van der Waals surface area contributed by atoms with Crippen LogP contribution in [0.2, 0.25) is 0 Å². The number of fused-ring (bicyclic) bond motifs is 4. The quantitative estimate of drug-likeness (QED) is 0.177. The van der Waals surface area contributed by atoms with Gasteiger partial charge >= 0.3 is 14.5 Å². The summed E-state index contributed by atoms with van der Waals surface area (Å²) in [6.45, 7) is -5.65. The summed E-state index contributed by atoms with van der Waals surface area (Å²) < 4.78 is 67.0. The number of nitrogen functional groups attached to an aromatic ring is 2. The van der Waals surface area contributed by atoms with Crippen LogP contribution in [0.5, 0.6) is 0 Å².